The number of nitrogens with two attached hydrogens (primary N) is 1. The molecule has 2 aromatic rings. The summed E-state index contributed by atoms with van der Waals surface area (Å²) in [5.74, 6) is 1.26. The Kier molecular flexibility index (Phi) is 5.01. The number of ether oxygens (including phenoxy) is 2. The number of halogens is 1. The van der Waals surface area contributed by atoms with Crippen molar-refractivity contribution in [2.24, 2.45) is 0 Å². The van der Waals surface area contributed by atoms with E-state index in [1.165, 1.54) is 0 Å². The highest BCUT2D eigenvalue weighted by molar-refractivity contribution is 6.30. The third-order valence-corrected chi connectivity index (χ3v) is 4.31. The van der Waals surface area contributed by atoms with E-state index in [1.807, 2.05) is 39.0 Å². The van der Waals surface area contributed by atoms with Gasteiger partial charge in [0.1, 0.15) is 11.4 Å². The fourth-order valence-corrected chi connectivity index (χ4v) is 3.03. The molecule has 0 saturated heterocycles. The SMILES string of the molecule is CC(C)(C)OC(=O)N1CCc2c(cccc2Oc2cc(Cl)ccc2N)C1. The average molecular weight is 375 g/mol. The lowest BCUT2D eigenvalue weighted by Gasteiger charge is -2.31. The summed E-state index contributed by atoms with van der Waals surface area (Å²) < 4.78 is 11.5. The number of hydrogen-bond donors (Lipinski definition) is 1. The van der Waals surface area contributed by atoms with Crippen molar-refractivity contribution in [1.82, 2.24) is 4.90 Å². The van der Waals surface area contributed by atoms with E-state index < -0.39 is 5.60 Å². The van der Waals surface area contributed by atoms with Crippen molar-refractivity contribution < 1.29 is 14.3 Å². The molecular weight excluding hydrogens is 352 g/mol. The van der Waals surface area contributed by atoms with Gasteiger partial charge in [0.2, 0.25) is 0 Å². The molecule has 138 valence electrons. The molecule has 0 spiro atoms. The zero-order valence-corrected chi connectivity index (χ0v) is 16.0. The van der Waals surface area contributed by atoms with Gasteiger partial charge in [-0.05, 0) is 51.0 Å². The summed E-state index contributed by atoms with van der Waals surface area (Å²) in [6, 6.07) is 11.0. The highest BCUT2D eigenvalue weighted by Crippen LogP contribution is 2.35. The first-order valence-electron chi connectivity index (χ1n) is 8.54. The van der Waals surface area contributed by atoms with Gasteiger partial charge in [-0.25, -0.2) is 4.79 Å². The zero-order valence-electron chi connectivity index (χ0n) is 15.2. The second kappa shape index (κ2) is 7.08. The van der Waals surface area contributed by atoms with Gasteiger partial charge in [-0.1, -0.05) is 23.7 Å². The summed E-state index contributed by atoms with van der Waals surface area (Å²) >= 11 is 6.04. The lowest BCUT2D eigenvalue weighted by atomic mass is 9.99. The third-order valence-electron chi connectivity index (χ3n) is 4.07. The van der Waals surface area contributed by atoms with Crippen LogP contribution < -0.4 is 10.5 Å². The van der Waals surface area contributed by atoms with Crippen LogP contribution in [0.15, 0.2) is 36.4 Å². The molecule has 26 heavy (non-hydrogen) atoms. The number of carbonyl (C=O) groups excluding carboxylic acids is 1. The molecule has 2 aromatic carbocycles. The number of amides is 1. The monoisotopic (exact) mass is 374 g/mol. The van der Waals surface area contributed by atoms with Gasteiger partial charge in [-0.3, -0.25) is 0 Å². The minimum atomic E-state index is -0.508. The Bertz CT molecular complexity index is 830. The van der Waals surface area contributed by atoms with Crippen LogP contribution in [0.25, 0.3) is 0 Å². The molecule has 3 rings (SSSR count). The predicted octanol–water partition coefficient (Wildman–Crippen LogP) is 5.01. The molecule has 5 nitrogen and oxygen atoms in total. The van der Waals surface area contributed by atoms with Gasteiger partial charge < -0.3 is 20.1 Å². The van der Waals surface area contributed by atoms with Gasteiger partial charge in [0, 0.05) is 29.7 Å². The lowest BCUT2D eigenvalue weighted by Crippen LogP contribution is -2.39. The molecule has 0 atom stereocenters. The van der Waals surface area contributed by atoms with E-state index >= 15 is 0 Å². The maximum atomic E-state index is 12.3. The molecule has 1 heterocycles. The highest BCUT2D eigenvalue weighted by atomic mass is 35.5. The molecule has 1 aliphatic heterocycles. The van der Waals surface area contributed by atoms with Gasteiger partial charge in [0.05, 0.1) is 5.69 Å². The molecule has 6 heteroatoms. The molecule has 0 saturated carbocycles. The Morgan fingerprint density at radius 3 is 2.69 bits per heavy atom. The number of fused-ring (bicyclic) bond motifs is 1. The van der Waals surface area contributed by atoms with Crippen LogP contribution in [0.3, 0.4) is 0 Å². The van der Waals surface area contributed by atoms with Crippen molar-refractivity contribution in [1.29, 1.82) is 0 Å². The van der Waals surface area contributed by atoms with Crippen molar-refractivity contribution in [3.8, 4) is 11.5 Å². The fourth-order valence-electron chi connectivity index (χ4n) is 2.87. The second-order valence-electron chi connectivity index (χ2n) is 7.33. The van der Waals surface area contributed by atoms with Crippen LogP contribution in [0.1, 0.15) is 31.9 Å². The van der Waals surface area contributed by atoms with Crippen LogP contribution in [-0.4, -0.2) is 23.1 Å². The first-order chi connectivity index (χ1) is 12.2. The predicted molar refractivity (Wildman–Crippen MR) is 103 cm³/mol. The number of rotatable bonds is 2. The molecule has 0 aliphatic carbocycles. The maximum absolute atomic E-state index is 12.3. The minimum Gasteiger partial charge on any atom is -0.455 e. The number of nitrogens with zero attached hydrogens (tertiary/aromatic N) is 1. The lowest BCUT2D eigenvalue weighted by molar-refractivity contribution is 0.0223. The van der Waals surface area contributed by atoms with E-state index in [4.69, 9.17) is 26.8 Å². The standard InChI is InChI=1S/C20H23ClN2O3/c1-20(2,3)26-19(24)23-10-9-15-13(12-23)5-4-6-17(15)25-18-11-14(21)7-8-16(18)22/h4-8,11H,9-10,12,22H2,1-3H3. The first kappa shape index (κ1) is 18.4. The summed E-state index contributed by atoms with van der Waals surface area (Å²) in [7, 11) is 0. The van der Waals surface area contributed by atoms with Crippen LogP contribution in [-0.2, 0) is 17.7 Å². The van der Waals surface area contributed by atoms with Gasteiger partial charge in [0.25, 0.3) is 0 Å². The van der Waals surface area contributed by atoms with Crippen LogP contribution in [0.5, 0.6) is 11.5 Å². The van der Waals surface area contributed by atoms with Crippen molar-refractivity contribution in [2.45, 2.75) is 39.3 Å². The minimum absolute atomic E-state index is 0.298. The number of nitrogen functional groups attached to an aromatic ring is 1. The first-order valence-corrected chi connectivity index (χ1v) is 8.92. The smallest absolute Gasteiger partial charge is 0.410 e. The maximum Gasteiger partial charge on any atom is 0.410 e. The molecule has 0 aromatic heterocycles. The van der Waals surface area contributed by atoms with E-state index in [9.17, 15) is 4.79 Å². The molecule has 1 amide bonds. The van der Waals surface area contributed by atoms with Crippen molar-refractivity contribution in [3.63, 3.8) is 0 Å². The van der Waals surface area contributed by atoms with Gasteiger partial charge >= 0.3 is 6.09 Å². The number of carbonyl (C=O) groups is 1. The van der Waals surface area contributed by atoms with Crippen molar-refractivity contribution >= 4 is 23.4 Å². The normalized spacial score (nSPS) is 13.9. The van der Waals surface area contributed by atoms with E-state index in [1.54, 1.807) is 23.1 Å². The summed E-state index contributed by atoms with van der Waals surface area (Å²) in [6.45, 7) is 6.66. The quantitative estimate of drug-likeness (QED) is 0.750. The number of benzene rings is 2. The Balaban J connectivity index is 1.81. The van der Waals surface area contributed by atoms with Gasteiger partial charge in [-0.15, -0.1) is 0 Å². The number of anilines is 1. The van der Waals surface area contributed by atoms with Crippen LogP contribution in [0.4, 0.5) is 10.5 Å². The zero-order chi connectivity index (χ0) is 18.9. The molecule has 2 N–H and O–H groups in total. The molecule has 0 unspecified atom stereocenters. The van der Waals surface area contributed by atoms with Crippen LogP contribution >= 0.6 is 11.6 Å². The average Bonchev–Trinajstić information content (AvgIpc) is 2.56. The van der Waals surface area contributed by atoms with Gasteiger partial charge in [0.15, 0.2) is 5.75 Å². The summed E-state index contributed by atoms with van der Waals surface area (Å²) in [4.78, 5) is 14.0. The molecule has 0 fully saturated rings. The van der Waals surface area contributed by atoms with Gasteiger partial charge in [-0.2, -0.15) is 0 Å². The summed E-state index contributed by atoms with van der Waals surface area (Å²) in [5, 5.41) is 0.565. The van der Waals surface area contributed by atoms with Crippen molar-refractivity contribution in [2.75, 3.05) is 12.3 Å². The molecular formula is C20H23ClN2O3. The summed E-state index contributed by atoms with van der Waals surface area (Å²) in [6.07, 6.45) is 0.388. The fraction of sp³-hybridized carbons (Fsp3) is 0.350. The Morgan fingerprint density at radius 2 is 1.96 bits per heavy atom. The molecule has 1 aliphatic rings. The Hall–Kier alpha value is -2.40. The third kappa shape index (κ3) is 4.22. The van der Waals surface area contributed by atoms with E-state index in [2.05, 4.69) is 0 Å². The Morgan fingerprint density at radius 1 is 1.19 bits per heavy atom. The highest BCUT2D eigenvalue weighted by Gasteiger charge is 2.27. The van der Waals surface area contributed by atoms with Crippen LogP contribution in [0, 0.1) is 0 Å². The van der Waals surface area contributed by atoms with E-state index in [-0.39, 0.29) is 6.09 Å². The van der Waals surface area contributed by atoms with E-state index in [0.717, 1.165) is 16.9 Å². The van der Waals surface area contributed by atoms with Crippen LogP contribution in [0.2, 0.25) is 5.02 Å². The topological polar surface area (TPSA) is 64.8 Å². The molecule has 0 radical (unpaired) electrons. The molecule has 0 bridgehead atoms. The Labute approximate surface area is 158 Å². The number of hydrogen-bond acceptors (Lipinski definition) is 4. The largest absolute Gasteiger partial charge is 0.455 e. The van der Waals surface area contributed by atoms with E-state index in [0.29, 0.717) is 36.0 Å². The van der Waals surface area contributed by atoms with Crippen molar-refractivity contribution in [3.05, 3.63) is 52.5 Å². The summed E-state index contributed by atoms with van der Waals surface area (Å²) in [5.41, 5.74) is 8.12. The second-order valence-corrected chi connectivity index (χ2v) is 7.77.